The van der Waals surface area contributed by atoms with Gasteiger partial charge in [-0.25, -0.2) is 0 Å². The smallest absolute Gasteiger partial charge is 0.0860 e. The molecule has 1 aliphatic carbocycles. The number of hydrogen-bond acceptors (Lipinski definition) is 2. The van der Waals surface area contributed by atoms with Crippen molar-refractivity contribution in [3.63, 3.8) is 0 Å². The Balaban J connectivity index is 2.29. The summed E-state index contributed by atoms with van der Waals surface area (Å²) in [6.07, 6.45) is 2.75. The van der Waals surface area contributed by atoms with E-state index in [1.165, 1.54) is 6.42 Å². The molecule has 2 rings (SSSR count). The summed E-state index contributed by atoms with van der Waals surface area (Å²) in [6.45, 7) is 2.53. The van der Waals surface area contributed by atoms with Crippen molar-refractivity contribution in [2.24, 2.45) is 11.1 Å². The lowest BCUT2D eigenvalue weighted by atomic mass is 9.63. The molecule has 1 atom stereocenters. The van der Waals surface area contributed by atoms with E-state index >= 15 is 0 Å². The van der Waals surface area contributed by atoms with Crippen LogP contribution in [0.4, 0.5) is 0 Å². The molecule has 0 aromatic heterocycles. The van der Waals surface area contributed by atoms with Crippen LogP contribution in [0.15, 0.2) is 18.2 Å². The molecule has 16 heavy (non-hydrogen) atoms. The average molecular weight is 240 g/mol. The molecule has 0 saturated heterocycles. The highest BCUT2D eigenvalue weighted by atomic mass is 35.5. The van der Waals surface area contributed by atoms with Gasteiger partial charge >= 0.3 is 0 Å². The van der Waals surface area contributed by atoms with Gasteiger partial charge in [0.25, 0.3) is 0 Å². The quantitative estimate of drug-likeness (QED) is 0.852. The highest BCUT2D eigenvalue weighted by Gasteiger charge is 2.43. The van der Waals surface area contributed by atoms with Crippen molar-refractivity contribution in [1.29, 1.82) is 0 Å². The molecule has 0 radical (unpaired) electrons. The molecule has 0 bridgehead atoms. The van der Waals surface area contributed by atoms with Gasteiger partial charge in [0.1, 0.15) is 0 Å². The number of hydrogen-bond donors (Lipinski definition) is 2. The van der Waals surface area contributed by atoms with Gasteiger partial charge in [0.15, 0.2) is 0 Å². The van der Waals surface area contributed by atoms with Gasteiger partial charge in [-0.05, 0) is 43.0 Å². The molecule has 1 aliphatic rings. The van der Waals surface area contributed by atoms with E-state index in [0.717, 1.165) is 24.0 Å². The standard InChI is InChI=1S/C13H18ClNO/c1-9-7-10(14)3-4-11(9)12(16)13(8-15)5-2-6-13/h3-4,7,12,16H,2,5-6,8,15H2,1H3. The molecule has 1 unspecified atom stereocenters. The number of aliphatic hydroxyl groups is 1. The average Bonchev–Trinajstić information content (AvgIpc) is 2.16. The highest BCUT2D eigenvalue weighted by molar-refractivity contribution is 6.30. The Labute approximate surface area is 101 Å². The zero-order chi connectivity index (χ0) is 11.8. The maximum absolute atomic E-state index is 10.4. The first-order valence-corrected chi connectivity index (χ1v) is 6.11. The minimum Gasteiger partial charge on any atom is -0.388 e. The van der Waals surface area contributed by atoms with E-state index in [0.29, 0.717) is 11.6 Å². The van der Waals surface area contributed by atoms with Crippen molar-refractivity contribution < 1.29 is 5.11 Å². The van der Waals surface area contributed by atoms with E-state index in [4.69, 9.17) is 17.3 Å². The normalized spacial score (nSPS) is 20.2. The van der Waals surface area contributed by atoms with Gasteiger partial charge in [-0.2, -0.15) is 0 Å². The number of benzene rings is 1. The van der Waals surface area contributed by atoms with Gasteiger partial charge in [0.2, 0.25) is 0 Å². The minimum atomic E-state index is -0.455. The predicted molar refractivity (Wildman–Crippen MR) is 66.5 cm³/mol. The summed E-state index contributed by atoms with van der Waals surface area (Å²) in [7, 11) is 0. The van der Waals surface area contributed by atoms with Crippen LogP contribution in [0.5, 0.6) is 0 Å². The number of nitrogens with two attached hydrogens (primary N) is 1. The van der Waals surface area contributed by atoms with E-state index in [-0.39, 0.29) is 5.41 Å². The molecule has 0 spiro atoms. The zero-order valence-electron chi connectivity index (χ0n) is 9.54. The monoisotopic (exact) mass is 239 g/mol. The second-order valence-electron chi connectivity index (χ2n) is 4.82. The van der Waals surface area contributed by atoms with Crippen molar-refractivity contribution >= 4 is 11.6 Å². The van der Waals surface area contributed by atoms with Crippen molar-refractivity contribution in [1.82, 2.24) is 0 Å². The first-order chi connectivity index (χ1) is 7.59. The summed E-state index contributed by atoms with van der Waals surface area (Å²) in [5.74, 6) is 0. The fourth-order valence-corrected chi connectivity index (χ4v) is 2.72. The van der Waals surface area contributed by atoms with Crippen LogP contribution in [-0.2, 0) is 0 Å². The Morgan fingerprint density at radius 1 is 1.50 bits per heavy atom. The molecule has 1 fully saturated rings. The molecule has 3 heteroatoms. The number of rotatable bonds is 3. The zero-order valence-corrected chi connectivity index (χ0v) is 10.3. The van der Waals surface area contributed by atoms with Crippen molar-refractivity contribution in [2.75, 3.05) is 6.54 Å². The third-order valence-electron chi connectivity index (χ3n) is 3.86. The summed E-state index contributed by atoms with van der Waals surface area (Å²) >= 11 is 5.91. The van der Waals surface area contributed by atoms with Gasteiger partial charge < -0.3 is 10.8 Å². The summed E-state index contributed by atoms with van der Waals surface area (Å²) < 4.78 is 0. The second-order valence-corrected chi connectivity index (χ2v) is 5.26. The minimum absolute atomic E-state index is 0.0986. The van der Waals surface area contributed by atoms with Crippen LogP contribution < -0.4 is 5.73 Å². The first-order valence-electron chi connectivity index (χ1n) is 5.73. The fraction of sp³-hybridized carbons (Fsp3) is 0.538. The van der Waals surface area contributed by atoms with Crippen LogP contribution in [0.1, 0.15) is 36.5 Å². The SMILES string of the molecule is Cc1cc(Cl)ccc1C(O)C1(CN)CCC1. The first kappa shape index (κ1) is 11.9. The van der Waals surface area contributed by atoms with Crippen LogP contribution in [-0.4, -0.2) is 11.7 Å². The molecule has 0 aliphatic heterocycles. The van der Waals surface area contributed by atoms with Crippen LogP contribution in [0, 0.1) is 12.3 Å². The Morgan fingerprint density at radius 3 is 2.62 bits per heavy atom. The van der Waals surface area contributed by atoms with Crippen LogP contribution in [0.2, 0.25) is 5.02 Å². The molecular formula is C13H18ClNO. The van der Waals surface area contributed by atoms with Crippen LogP contribution >= 0.6 is 11.6 Å². The lowest BCUT2D eigenvalue weighted by Gasteiger charge is -2.45. The lowest BCUT2D eigenvalue weighted by molar-refractivity contribution is -0.0300. The van der Waals surface area contributed by atoms with Gasteiger partial charge in [-0.15, -0.1) is 0 Å². The van der Waals surface area contributed by atoms with E-state index in [1.54, 1.807) is 0 Å². The Kier molecular flexibility index (Phi) is 3.24. The van der Waals surface area contributed by atoms with Gasteiger partial charge in [0.05, 0.1) is 6.10 Å². The Bertz CT molecular complexity index is 382. The Hall–Kier alpha value is -0.570. The maximum Gasteiger partial charge on any atom is 0.0860 e. The lowest BCUT2D eigenvalue weighted by Crippen LogP contribution is -2.42. The molecular weight excluding hydrogens is 222 g/mol. The third-order valence-corrected chi connectivity index (χ3v) is 4.10. The molecule has 88 valence electrons. The molecule has 1 aromatic rings. The summed E-state index contributed by atoms with van der Waals surface area (Å²) in [5, 5.41) is 11.2. The number of aryl methyl sites for hydroxylation is 1. The van der Waals surface area contributed by atoms with Gasteiger partial charge in [0, 0.05) is 17.0 Å². The second kappa shape index (κ2) is 4.36. The summed E-state index contributed by atoms with van der Waals surface area (Å²) in [5.41, 5.74) is 7.71. The van der Waals surface area contributed by atoms with E-state index in [9.17, 15) is 5.11 Å². The molecule has 2 nitrogen and oxygen atoms in total. The third kappa shape index (κ3) is 1.86. The molecule has 0 amide bonds. The summed E-state index contributed by atoms with van der Waals surface area (Å²) in [6, 6.07) is 5.64. The van der Waals surface area contributed by atoms with Gasteiger partial charge in [-0.3, -0.25) is 0 Å². The molecule has 0 heterocycles. The van der Waals surface area contributed by atoms with Crippen LogP contribution in [0.3, 0.4) is 0 Å². The van der Waals surface area contributed by atoms with E-state index in [1.807, 2.05) is 25.1 Å². The van der Waals surface area contributed by atoms with E-state index < -0.39 is 6.10 Å². The Morgan fingerprint density at radius 2 is 2.19 bits per heavy atom. The van der Waals surface area contributed by atoms with Crippen molar-refractivity contribution in [3.05, 3.63) is 34.3 Å². The number of halogens is 1. The predicted octanol–water partition coefficient (Wildman–Crippen LogP) is 2.81. The fourth-order valence-electron chi connectivity index (χ4n) is 2.50. The topological polar surface area (TPSA) is 46.2 Å². The van der Waals surface area contributed by atoms with Gasteiger partial charge in [-0.1, -0.05) is 24.1 Å². The van der Waals surface area contributed by atoms with E-state index in [2.05, 4.69) is 0 Å². The molecule has 1 aromatic carbocycles. The number of aliphatic hydroxyl groups excluding tert-OH is 1. The maximum atomic E-state index is 10.4. The molecule has 1 saturated carbocycles. The highest BCUT2D eigenvalue weighted by Crippen LogP contribution is 2.50. The van der Waals surface area contributed by atoms with Crippen molar-refractivity contribution in [3.8, 4) is 0 Å². The van der Waals surface area contributed by atoms with Crippen molar-refractivity contribution in [2.45, 2.75) is 32.3 Å². The largest absolute Gasteiger partial charge is 0.388 e. The summed E-state index contributed by atoms with van der Waals surface area (Å²) in [4.78, 5) is 0. The van der Waals surface area contributed by atoms with Crippen LogP contribution in [0.25, 0.3) is 0 Å². The molecule has 3 N–H and O–H groups in total.